The van der Waals surface area contributed by atoms with Crippen LogP contribution in [0, 0.1) is 5.92 Å². The Hall–Kier alpha value is -0.120. The van der Waals surface area contributed by atoms with Gasteiger partial charge in [-0.05, 0) is 57.5 Å². The van der Waals surface area contributed by atoms with E-state index in [0.717, 1.165) is 31.2 Å². The topological polar surface area (TPSA) is 24.5 Å². The van der Waals surface area contributed by atoms with Crippen LogP contribution in [0.3, 0.4) is 0 Å². The summed E-state index contributed by atoms with van der Waals surface area (Å²) >= 11 is 0. The molecule has 0 amide bonds. The number of ether oxygens (including phenoxy) is 1. The van der Waals surface area contributed by atoms with Crippen molar-refractivity contribution in [3.05, 3.63) is 0 Å². The molecule has 17 heavy (non-hydrogen) atoms. The maximum absolute atomic E-state index is 5.54. The monoisotopic (exact) mass is 238 g/mol. The second-order valence-corrected chi connectivity index (χ2v) is 6.04. The molecule has 3 saturated heterocycles. The zero-order chi connectivity index (χ0) is 11.5. The molecule has 3 heterocycles. The molecule has 3 aliphatic rings. The van der Waals surface area contributed by atoms with Crippen LogP contribution in [-0.4, -0.2) is 49.8 Å². The Morgan fingerprint density at radius 2 is 2.12 bits per heavy atom. The van der Waals surface area contributed by atoms with Gasteiger partial charge in [0.1, 0.15) is 0 Å². The second kappa shape index (κ2) is 5.68. The van der Waals surface area contributed by atoms with Gasteiger partial charge in [0.2, 0.25) is 0 Å². The van der Waals surface area contributed by atoms with Gasteiger partial charge >= 0.3 is 0 Å². The van der Waals surface area contributed by atoms with Gasteiger partial charge in [-0.1, -0.05) is 0 Å². The van der Waals surface area contributed by atoms with Crippen molar-refractivity contribution in [2.45, 2.75) is 50.6 Å². The molecule has 0 aliphatic carbocycles. The third-order valence-corrected chi connectivity index (χ3v) is 4.77. The SMILES string of the molecule is C1COCC(CNC2CCN3CCCC3C2)C1. The van der Waals surface area contributed by atoms with Crippen molar-refractivity contribution < 1.29 is 4.74 Å². The molecule has 3 heteroatoms. The lowest BCUT2D eigenvalue weighted by atomic mass is 9.96. The number of fused-ring (bicyclic) bond motifs is 1. The molecule has 0 aromatic carbocycles. The van der Waals surface area contributed by atoms with Crippen LogP contribution in [0.4, 0.5) is 0 Å². The molecule has 1 N–H and O–H groups in total. The zero-order valence-corrected chi connectivity index (χ0v) is 10.9. The van der Waals surface area contributed by atoms with E-state index in [-0.39, 0.29) is 0 Å². The van der Waals surface area contributed by atoms with Crippen LogP contribution >= 0.6 is 0 Å². The van der Waals surface area contributed by atoms with Crippen LogP contribution in [0.1, 0.15) is 38.5 Å². The highest BCUT2D eigenvalue weighted by Gasteiger charge is 2.31. The van der Waals surface area contributed by atoms with Gasteiger partial charge in [-0.15, -0.1) is 0 Å². The fourth-order valence-electron chi connectivity index (χ4n) is 3.71. The summed E-state index contributed by atoms with van der Waals surface area (Å²) in [5.41, 5.74) is 0. The highest BCUT2D eigenvalue weighted by molar-refractivity contribution is 4.89. The first-order valence-corrected chi connectivity index (χ1v) is 7.47. The molecule has 0 bridgehead atoms. The Kier molecular flexibility index (Phi) is 3.99. The standard InChI is InChI=1S/C14H26N2O/c1-4-14-9-13(5-7-16(14)6-1)15-10-12-3-2-8-17-11-12/h12-15H,1-11H2. The molecule has 0 aromatic heterocycles. The summed E-state index contributed by atoms with van der Waals surface area (Å²) in [7, 11) is 0. The van der Waals surface area contributed by atoms with Gasteiger partial charge in [0.25, 0.3) is 0 Å². The molecule has 0 radical (unpaired) electrons. The van der Waals surface area contributed by atoms with Gasteiger partial charge in [0.05, 0.1) is 6.61 Å². The second-order valence-electron chi connectivity index (χ2n) is 6.04. The molecule has 98 valence electrons. The minimum absolute atomic E-state index is 0.769. The molecular formula is C14H26N2O. The highest BCUT2D eigenvalue weighted by Crippen LogP contribution is 2.27. The van der Waals surface area contributed by atoms with E-state index >= 15 is 0 Å². The number of nitrogens with zero attached hydrogens (tertiary/aromatic N) is 1. The average Bonchev–Trinajstić information content (AvgIpc) is 2.85. The maximum atomic E-state index is 5.54. The molecule has 0 saturated carbocycles. The Labute approximate surface area is 105 Å². The van der Waals surface area contributed by atoms with Gasteiger partial charge in [-0.2, -0.15) is 0 Å². The van der Waals surface area contributed by atoms with Gasteiger partial charge in [-0.3, -0.25) is 0 Å². The van der Waals surface area contributed by atoms with E-state index in [4.69, 9.17) is 4.74 Å². The van der Waals surface area contributed by atoms with E-state index in [1.54, 1.807) is 0 Å². The van der Waals surface area contributed by atoms with Crippen molar-refractivity contribution in [2.75, 3.05) is 32.8 Å². The summed E-state index contributed by atoms with van der Waals surface area (Å²) < 4.78 is 5.54. The van der Waals surface area contributed by atoms with E-state index in [0.29, 0.717) is 0 Å². The predicted molar refractivity (Wildman–Crippen MR) is 69.2 cm³/mol. The molecule has 3 fully saturated rings. The van der Waals surface area contributed by atoms with Crippen molar-refractivity contribution in [1.29, 1.82) is 0 Å². The van der Waals surface area contributed by atoms with Gasteiger partial charge < -0.3 is 15.0 Å². The molecule has 3 nitrogen and oxygen atoms in total. The lowest BCUT2D eigenvalue weighted by Gasteiger charge is -2.36. The van der Waals surface area contributed by atoms with E-state index in [2.05, 4.69) is 10.2 Å². The Bertz CT molecular complexity index is 240. The fourth-order valence-corrected chi connectivity index (χ4v) is 3.71. The first-order valence-electron chi connectivity index (χ1n) is 7.47. The van der Waals surface area contributed by atoms with E-state index in [9.17, 15) is 0 Å². The van der Waals surface area contributed by atoms with Gasteiger partial charge in [0.15, 0.2) is 0 Å². The number of hydrogen-bond donors (Lipinski definition) is 1. The van der Waals surface area contributed by atoms with E-state index in [1.807, 2.05) is 0 Å². The average molecular weight is 238 g/mol. The number of piperidine rings is 1. The van der Waals surface area contributed by atoms with Crippen LogP contribution in [0.2, 0.25) is 0 Å². The van der Waals surface area contributed by atoms with Crippen LogP contribution in [0.25, 0.3) is 0 Å². The Morgan fingerprint density at radius 1 is 1.12 bits per heavy atom. The van der Waals surface area contributed by atoms with Crippen molar-refractivity contribution in [3.8, 4) is 0 Å². The molecule has 0 spiro atoms. The lowest BCUT2D eigenvalue weighted by molar-refractivity contribution is 0.0519. The highest BCUT2D eigenvalue weighted by atomic mass is 16.5. The van der Waals surface area contributed by atoms with Crippen molar-refractivity contribution in [3.63, 3.8) is 0 Å². The largest absolute Gasteiger partial charge is 0.381 e. The minimum atomic E-state index is 0.769. The van der Waals surface area contributed by atoms with Crippen molar-refractivity contribution >= 4 is 0 Å². The smallest absolute Gasteiger partial charge is 0.0506 e. The molecular weight excluding hydrogens is 212 g/mol. The molecule has 3 rings (SSSR count). The van der Waals surface area contributed by atoms with Crippen LogP contribution in [0.15, 0.2) is 0 Å². The first kappa shape index (κ1) is 11.9. The van der Waals surface area contributed by atoms with Crippen LogP contribution in [-0.2, 0) is 4.74 Å². The Morgan fingerprint density at radius 3 is 3.00 bits per heavy atom. The van der Waals surface area contributed by atoms with Crippen molar-refractivity contribution in [1.82, 2.24) is 10.2 Å². The maximum Gasteiger partial charge on any atom is 0.0506 e. The summed E-state index contributed by atoms with van der Waals surface area (Å²) in [6.45, 7) is 5.82. The summed E-state index contributed by atoms with van der Waals surface area (Å²) in [5, 5.41) is 3.80. The number of rotatable bonds is 3. The Balaban J connectivity index is 1.40. The lowest BCUT2D eigenvalue weighted by Crippen LogP contribution is -2.47. The van der Waals surface area contributed by atoms with Crippen LogP contribution in [0.5, 0.6) is 0 Å². The zero-order valence-electron chi connectivity index (χ0n) is 10.9. The predicted octanol–water partition coefficient (Wildman–Crippen LogP) is 1.63. The van der Waals surface area contributed by atoms with Gasteiger partial charge in [0, 0.05) is 25.2 Å². The number of hydrogen-bond acceptors (Lipinski definition) is 3. The third-order valence-electron chi connectivity index (χ3n) is 4.77. The van der Waals surface area contributed by atoms with E-state index in [1.165, 1.54) is 58.2 Å². The summed E-state index contributed by atoms with van der Waals surface area (Å²) in [5.74, 6) is 0.769. The fraction of sp³-hybridized carbons (Fsp3) is 1.00. The van der Waals surface area contributed by atoms with Crippen molar-refractivity contribution in [2.24, 2.45) is 5.92 Å². The number of nitrogens with one attached hydrogen (secondary N) is 1. The summed E-state index contributed by atoms with van der Waals surface area (Å²) in [6, 6.07) is 1.67. The normalized spacial score (nSPS) is 39.2. The molecule has 3 unspecified atom stereocenters. The van der Waals surface area contributed by atoms with Gasteiger partial charge in [-0.25, -0.2) is 0 Å². The first-order chi connectivity index (χ1) is 8.42. The molecule has 0 aromatic rings. The third kappa shape index (κ3) is 3.01. The van der Waals surface area contributed by atoms with E-state index < -0.39 is 0 Å². The molecule has 3 atom stereocenters. The molecule has 3 aliphatic heterocycles. The quantitative estimate of drug-likeness (QED) is 0.809. The summed E-state index contributed by atoms with van der Waals surface area (Å²) in [6.07, 6.45) is 8.21. The minimum Gasteiger partial charge on any atom is -0.381 e. The van der Waals surface area contributed by atoms with Crippen LogP contribution < -0.4 is 5.32 Å². The summed E-state index contributed by atoms with van der Waals surface area (Å²) in [4.78, 5) is 2.70.